The van der Waals surface area contributed by atoms with Gasteiger partial charge < -0.3 is 15.4 Å². The lowest BCUT2D eigenvalue weighted by Gasteiger charge is -2.27. The van der Waals surface area contributed by atoms with E-state index in [0.29, 0.717) is 17.9 Å². The number of anilines is 2. The third-order valence-electron chi connectivity index (χ3n) is 6.55. The van der Waals surface area contributed by atoms with Crippen LogP contribution in [0.5, 0.6) is 0 Å². The molecule has 0 spiro atoms. The molecule has 178 valence electrons. The number of hydrogen-bond acceptors (Lipinski definition) is 7. The van der Waals surface area contributed by atoms with Gasteiger partial charge in [-0.1, -0.05) is 60.7 Å². The number of nitrogens with two attached hydrogens (primary N) is 1. The molecular formula is C29H26N6O. The smallest absolute Gasteiger partial charge is 0.165 e. The van der Waals surface area contributed by atoms with Crippen molar-refractivity contribution >= 4 is 22.7 Å². The minimum absolute atomic E-state index is 0.424. The van der Waals surface area contributed by atoms with Crippen LogP contribution in [0.15, 0.2) is 85.3 Å². The quantitative estimate of drug-likeness (QED) is 0.393. The monoisotopic (exact) mass is 474 g/mol. The topological polar surface area (TPSA) is 90.0 Å². The van der Waals surface area contributed by atoms with Crippen molar-refractivity contribution in [3.05, 3.63) is 96.4 Å². The molecule has 0 amide bonds. The van der Waals surface area contributed by atoms with E-state index in [-0.39, 0.29) is 0 Å². The fourth-order valence-electron chi connectivity index (χ4n) is 4.80. The number of rotatable bonds is 5. The van der Waals surface area contributed by atoms with Crippen molar-refractivity contribution < 1.29 is 4.74 Å². The van der Waals surface area contributed by atoms with Gasteiger partial charge in [-0.3, -0.25) is 0 Å². The van der Waals surface area contributed by atoms with E-state index >= 15 is 0 Å². The SMILES string of the molecule is Nc1ncnc2nc(-c3ccc(N4CCOCC4)nc3)c(Cc3ccccc3)c(-c3ccccc3)c12. The molecule has 36 heavy (non-hydrogen) atoms. The normalized spacial score (nSPS) is 13.7. The van der Waals surface area contributed by atoms with Gasteiger partial charge in [0.15, 0.2) is 5.65 Å². The van der Waals surface area contributed by atoms with Crippen molar-refractivity contribution in [2.75, 3.05) is 36.9 Å². The highest BCUT2D eigenvalue weighted by atomic mass is 16.5. The Morgan fingerprint density at radius 3 is 2.28 bits per heavy atom. The molecule has 4 heterocycles. The molecule has 0 atom stereocenters. The molecule has 1 fully saturated rings. The van der Waals surface area contributed by atoms with Crippen LogP contribution in [0.1, 0.15) is 11.1 Å². The Kier molecular flexibility index (Phi) is 5.97. The number of morpholine rings is 1. The number of nitrogens with zero attached hydrogens (tertiary/aromatic N) is 5. The second-order valence-corrected chi connectivity index (χ2v) is 8.80. The maximum absolute atomic E-state index is 6.43. The molecule has 0 saturated carbocycles. The van der Waals surface area contributed by atoms with E-state index in [9.17, 15) is 0 Å². The van der Waals surface area contributed by atoms with Crippen molar-refractivity contribution in [3.8, 4) is 22.4 Å². The first-order valence-corrected chi connectivity index (χ1v) is 12.1. The van der Waals surface area contributed by atoms with Gasteiger partial charge in [-0.25, -0.2) is 19.9 Å². The maximum Gasteiger partial charge on any atom is 0.165 e. The largest absolute Gasteiger partial charge is 0.383 e. The summed E-state index contributed by atoms with van der Waals surface area (Å²) in [6, 6.07) is 24.8. The Balaban J connectivity index is 1.57. The van der Waals surface area contributed by atoms with Gasteiger partial charge in [-0.2, -0.15) is 0 Å². The zero-order valence-corrected chi connectivity index (χ0v) is 19.8. The third kappa shape index (κ3) is 4.25. The van der Waals surface area contributed by atoms with Gasteiger partial charge in [0.2, 0.25) is 0 Å². The van der Waals surface area contributed by atoms with E-state index in [0.717, 1.165) is 65.5 Å². The predicted molar refractivity (Wildman–Crippen MR) is 143 cm³/mol. The van der Waals surface area contributed by atoms with Crippen molar-refractivity contribution in [1.29, 1.82) is 0 Å². The highest BCUT2D eigenvalue weighted by Crippen LogP contribution is 2.39. The van der Waals surface area contributed by atoms with Crippen molar-refractivity contribution in [2.45, 2.75) is 6.42 Å². The number of aromatic nitrogens is 4. The lowest BCUT2D eigenvalue weighted by molar-refractivity contribution is 0.122. The van der Waals surface area contributed by atoms with Gasteiger partial charge in [-0.15, -0.1) is 0 Å². The van der Waals surface area contributed by atoms with Crippen LogP contribution in [-0.2, 0) is 11.2 Å². The molecule has 3 aromatic heterocycles. The fourth-order valence-corrected chi connectivity index (χ4v) is 4.80. The first-order valence-electron chi connectivity index (χ1n) is 12.1. The van der Waals surface area contributed by atoms with Crippen molar-refractivity contribution in [1.82, 2.24) is 19.9 Å². The molecule has 0 aliphatic carbocycles. The Hall–Kier alpha value is -4.36. The minimum atomic E-state index is 0.424. The fraction of sp³-hybridized carbons (Fsp3) is 0.172. The summed E-state index contributed by atoms with van der Waals surface area (Å²) in [4.78, 5) is 20.9. The minimum Gasteiger partial charge on any atom is -0.383 e. The highest BCUT2D eigenvalue weighted by Gasteiger charge is 2.22. The molecule has 0 radical (unpaired) electrons. The van der Waals surface area contributed by atoms with Crippen molar-refractivity contribution in [2.24, 2.45) is 0 Å². The van der Waals surface area contributed by atoms with Gasteiger partial charge in [0, 0.05) is 36.8 Å². The molecule has 7 nitrogen and oxygen atoms in total. The van der Waals surface area contributed by atoms with Crippen LogP contribution in [0.3, 0.4) is 0 Å². The molecule has 7 heteroatoms. The van der Waals surface area contributed by atoms with Crippen LogP contribution >= 0.6 is 0 Å². The summed E-state index contributed by atoms with van der Waals surface area (Å²) >= 11 is 0. The van der Waals surface area contributed by atoms with E-state index in [1.807, 2.05) is 30.5 Å². The number of nitrogen functional groups attached to an aromatic ring is 1. The van der Waals surface area contributed by atoms with Crippen LogP contribution in [0.25, 0.3) is 33.4 Å². The summed E-state index contributed by atoms with van der Waals surface area (Å²) in [7, 11) is 0. The molecule has 0 unspecified atom stereocenters. The Morgan fingerprint density at radius 2 is 1.56 bits per heavy atom. The summed E-state index contributed by atoms with van der Waals surface area (Å²) in [5.41, 5.74) is 13.1. The lowest BCUT2D eigenvalue weighted by atomic mass is 9.89. The van der Waals surface area contributed by atoms with Crippen molar-refractivity contribution in [3.63, 3.8) is 0 Å². The Labute approximate surface area is 209 Å². The standard InChI is InChI=1S/C29H26N6O/c30-28-26-25(21-9-5-2-6-10-21)23(17-20-7-3-1-4-8-20)27(34-29(26)33-19-32-28)22-11-12-24(31-18-22)35-13-15-36-16-14-35/h1-12,18-19H,13-17H2,(H2,30,32,33,34). The van der Waals surface area contributed by atoms with Gasteiger partial charge in [0.1, 0.15) is 18.0 Å². The van der Waals surface area contributed by atoms with Gasteiger partial charge >= 0.3 is 0 Å². The average Bonchev–Trinajstić information content (AvgIpc) is 2.95. The first kappa shape index (κ1) is 22.1. The zero-order valence-electron chi connectivity index (χ0n) is 19.8. The third-order valence-corrected chi connectivity index (χ3v) is 6.55. The average molecular weight is 475 g/mol. The second-order valence-electron chi connectivity index (χ2n) is 8.80. The first-order chi connectivity index (χ1) is 17.8. The van der Waals surface area contributed by atoms with Gasteiger partial charge in [0.25, 0.3) is 0 Å². The van der Waals surface area contributed by atoms with Gasteiger partial charge in [-0.05, 0) is 28.8 Å². The molecule has 1 aliphatic rings. The van der Waals surface area contributed by atoms with E-state index in [4.69, 9.17) is 20.4 Å². The molecular weight excluding hydrogens is 448 g/mol. The predicted octanol–water partition coefficient (Wildman–Crippen LogP) is 4.76. The zero-order chi connectivity index (χ0) is 24.3. The van der Waals surface area contributed by atoms with Crippen LogP contribution in [0.2, 0.25) is 0 Å². The maximum atomic E-state index is 6.43. The van der Waals surface area contributed by atoms with Crippen LogP contribution in [0.4, 0.5) is 11.6 Å². The van der Waals surface area contributed by atoms with E-state index < -0.39 is 0 Å². The van der Waals surface area contributed by atoms with Crippen LogP contribution < -0.4 is 10.6 Å². The van der Waals surface area contributed by atoms with Crippen LogP contribution in [0, 0.1) is 0 Å². The van der Waals surface area contributed by atoms with Gasteiger partial charge in [0.05, 0.1) is 24.3 Å². The Bertz CT molecular complexity index is 1480. The van der Waals surface area contributed by atoms with Crippen LogP contribution in [-0.4, -0.2) is 46.2 Å². The second kappa shape index (κ2) is 9.71. The summed E-state index contributed by atoms with van der Waals surface area (Å²) in [5.74, 6) is 1.37. The van der Waals surface area contributed by atoms with E-state index in [2.05, 4.69) is 63.4 Å². The summed E-state index contributed by atoms with van der Waals surface area (Å²) in [6.07, 6.45) is 4.07. The molecule has 6 rings (SSSR count). The number of ether oxygens (including phenoxy) is 1. The molecule has 1 aliphatic heterocycles. The highest BCUT2D eigenvalue weighted by molar-refractivity contribution is 6.03. The molecule has 5 aromatic rings. The number of pyridine rings is 2. The number of fused-ring (bicyclic) bond motifs is 1. The molecule has 1 saturated heterocycles. The molecule has 2 N–H and O–H groups in total. The summed E-state index contributed by atoms with van der Waals surface area (Å²) in [6.45, 7) is 3.12. The molecule has 2 aromatic carbocycles. The van der Waals surface area contributed by atoms with E-state index in [1.54, 1.807) is 0 Å². The molecule has 0 bridgehead atoms. The summed E-state index contributed by atoms with van der Waals surface area (Å²) < 4.78 is 5.49. The Morgan fingerprint density at radius 1 is 0.806 bits per heavy atom. The lowest BCUT2D eigenvalue weighted by Crippen LogP contribution is -2.36. The summed E-state index contributed by atoms with van der Waals surface area (Å²) in [5, 5.41) is 0.774. The van der Waals surface area contributed by atoms with E-state index in [1.165, 1.54) is 11.9 Å². The number of hydrogen-bond donors (Lipinski definition) is 1. The number of benzene rings is 2.